The Labute approximate surface area is 111 Å². The zero-order chi connectivity index (χ0) is 14.4. The monoisotopic (exact) mass is 282 g/mol. The van der Waals surface area contributed by atoms with Crippen molar-refractivity contribution in [1.82, 2.24) is 4.90 Å². The summed E-state index contributed by atoms with van der Waals surface area (Å²) < 4.78 is 22.5. The van der Waals surface area contributed by atoms with Crippen molar-refractivity contribution >= 4 is 27.3 Å². The quantitative estimate of drug-likeness (QED) is 0.635. The highest BCUT2D eigenvalue weighted by Gasteiger charge is 2.39. The molecule has 2 amide bonds. The van der Waals surface area contributed by atoms with Gasteiger partial charge in [-0.1, -0.05) is 0 Å². The van der Waals surface area contributed by atoms with Crippen LogP contribution in [0, 0.1) is 0 Å². The van der Waals surface area contributed by atoms with Crippen molar-refractivity contribution in [2.75, 3.05) is 17.7 Å². The van der Waals surface area contributed by atoms with Crippen LogP contribution in [0.4, 0.5) is 5.69 Å². The Bertz CT molecular complexity index is 666. The number of carbonyl (C=O) groups excluding carboxylic acids is 2. The van der Waals surface area contributed by atoms with Crippen LogP contribution in [0.2, 0.25) is 0 Å². The van der Waals surface area contributed by atoms with Gasteiger partial charge in [0.15, 0.2) is 0 Å². The van der Waals surface area contributed by atoms with Crippen molar-refractivity contribution in [3.8, 4) is 0 Å². The summed E-state index contributed by atoms with van der Waals surface area (Å²) in [5.41, 5.74) is 6.46. The number of hydrogen-bond acceptors (Lipinski definition) is 5. The van der Waals surface area contributed by atoms with Crippen LogP contribution in [0.5, 0.6) is 0 Å². The van der Waals surface area contributed by atoms with Gasteiger partial charge in [-0.25, -0.2) is 8.42 Å². The third kappa shape index (κ3) is 2.46. The van der Waals surface area contributed by atoms with Crippen LogP contribution in [0.15, 0.2) is 18.2 Å². The highest BCUT2D eigenvalue weighted by Crippen LogP contribution is 2.26. The van der Waals surface area contributed by atoms with Gasteiger partial charge in [0.25, 0.3) is 11.8 Å². The lowest BCUT2D eigenvalue weighted by Crippen LogP contribution is -2.41. The maximum atomic E-state index is 12.1. The number of carbonyl (C=O) groups is 2. The molecule has 0 spiro atoms. The number of hydrogen-bond donors (Lipinski definition) is 1. The predicted molar refractivity (Wildman–Crippen MR) is 70.5 cm³/mol. The first-order valence-electron chi connectivity index (χ1n) is 5.66. The number of nitrogen functional groups attached to an aromatic ring is 1. The van der Waals surface area contributed by atoms with E-state index in [9.17, 15) is 18.0 Å². The van der Waals surface area contributed by atoms with E-state index in [0.29, 0.717) is 5.69 Å². The molecular weight excluding hydrogens is 268 g/mol. The second-order valence-corrected chi connectivity index (χ2v) is 6.91. The van der Waals surface area contributed by atoms with Crippen LogP contribution in [0.1, 0.15) is 27.6 Å². The molecule has 1 aromatic carbocycles. The number of nitrogens with zero attached hydrogens (tertiary/aromatic N) is 1. The molecule has 0 radical (unpaired) electrons. The summed E-state index contributed by atoms with van der Waals surface area (Å²) in [7, 11) is -3.27. The molecule has 102 valence electrons. The lowest BCUT2D eigenvalue weighted by molar-refractivity contribution is 0.0611. The fraction of sp³-hybridized carbons (Fsp3) is 0.333. The summed E-state index contributed by atoms with van der Waals surface area (Å²) in [6.07, 6.45) is 1.07. The molecule has 0 fully saturated rings. The van der Waals surface area contributed by atoms with E-state index >= 15 is 0 Å². The van der Waals surface area contributed by atoms with E-state index in [1.807, 2.05) is 0 Å². The number of rotatable bonds is 3. The van der Waals surface area contributed by atoms with Crippen molar-refractivity contribution in [3.63, 3.8) is 0 Å². The highest BCUT2D eigenvalue weighted by atomic mass is 32.2. The Morgan fingerprint density at radius 2 is 1.79 bits per heavy atom. The van der Waals surface area contributed by atoms with Gasteiger partial charge >= 0.3 is 0 Å². The van der Waals surface area contributed by atoms with Crippen LogP contribution >= 0.6 is 0 Å². The average Bonchev–Trinajstić information content (AvgIpc) is 2.49. The minimum atomic E-state index is -3.27. The third-order valence-corrected chi connectivity index (χ3v) is 4.01. The predicted octanol–water partition coefficient (Wildman–Crippen LogP) is 0.298. The van der Waals surface area contributed by atoms with Crippen LogP contribution in [-0.2, 0) is 9.84 Å². The fourth-order valence-corrected chi connectivity index (χ4v) is 3.22. The second kappa shape index (κ2) is 4.34. The minimum Gasteiger partial charge on any atom is -0.399 e. The molecule has 1 unspecified atom stereocenters. The zero-order valence-corrected chi connectivity index (χ0v) is 11.4. The Morgan fingerprint density at radius 3 is 2.37 bits per heavy atom. The number of amides is 2. The smallest absolute Gasteiger partial charge is 0.261 e. The number of imide groups is 1. The Hall–Kier alpha value is -1.89. The molecule has 7 heteroatoms. The zero-order valence-electron chi connectivity index (χ0n) is 10.6. The summed E-state index contributed by atoms with van der Waals surface area (Å²) in [5, 5.41) is 0. The Balaban J connectivity index is 2.37. The summed E-state index contributed by atoms with van der Waals surface area (Å²) in [4.78, 5) is 25.2. The van der Waals surface area contributed by atoms with Crippen LogP contribution in [0.3, 0.4) is 0 Å². The van der Waals surface area contributed by atoms with Crippen molar-refractivity contribution in [2.24, 2.45) is 0 Å². The molecule has 1 aliphatic rings. The molecule has 2 rings (SSSR count). The van der Waals surface area contributed by atoms with Gasteiger partial charge in [0.05, 0.1) is 22.9 Å². The second-order valence-electron chi connectivity index (χ2n) is 4.73. The maximum absolute atomic E-state index is 12.1. The molecule has 0 bridgehead atoms. The summed E-state index contributed by atoms with van der Waals surface area (Å²) in [6.45, 7) is 1.53. The van der Waals surface area contributed by atoms with Gasteiger partial charge in [0.1, 0.15) is 9.84 Å². The number of nitrogens with two attached hydrogens (primary N) is 1. The topological polar surface area (TPSA) is 97.5 Å². The number of fused-ring (bicyclic) bond motifs is 1. The van der Waals surface area contributed by atoms with Gasteiger partial charge in [0.2, 0.25) is 0 Å². The van der Waals surface area contributed by atoms with Gasteiger partial charge in [-0.2, -0.15) is 0 Å². The average molecular weight is 282 g/mol. The first-order valence-corrected chi connectivity index (χ1v) is 7.72. The fourth-order valence-electron chi connectivity index (χ4n) is 2.19. The molecule has 19 heavy (non-hydrogen) atoms. The molecule has 1 heterocycles. The van der Waals surface area contributed by atoms with Crippen molar-refractivity contribution in [1.29, 1.82) is 0 Å². The molecule has 1 aliphatic heterocycles. The summed E-state index contributed by atoms with van der Waals surface area (Å²) in [5.74, 6) is -1.23. The Morgan fingerprint density at radius 1 is 1.21 bits per heavy atom. The van der Waals surface area contributed by atoms with E-state index in [1.165, 1.54) is 25.1 Å². The van der Waals surface area contributed by atoms with E-state index in [2.05, 4.69) is 0 Å². The third-order valence-electron chi connectivity index (χ3n) is 2.93. The minimum absolute atomic E-state index is 0.227. The van der Waals surface area contributed by atoms with Crippen molar-refractivity contribution in [2.45, 2.75) is 13.0 Å². The van der Waals surface area contributed by atoms with Crippen molar-refractivity contribution < 1.29 is 18.0 Å². The molecule has 6 nitrogen and oxygen atoms in total. The summed E-state index contributed by atoms with van der Waals surface area (Å²) >= 11 is 0. The van der Waals surface area contributed by atoms with Crippen LogP contribution in [0.25, 0.3) is 0 Å². The SMILES string of the molecule is CC(CS(C)(=O)=O)N1C(=O)c2ccc(N)cc2C1=O. The van der Waals surface area contributed by atoms with E-state index in [1.54, 1.807) is 0 Å². The number of anilines is 1. The standard InChI is InChI=1S/C12H14N2O4S/c1-7(6-19(2,17)18)14-11(15)9-4-3-8(13)5-10(9)12(14)16/h3-5,7H,6,13H2,1-2H3. The van der Waals surface area contributed by atoms with E-state index in [4.69, 9.17) is 5.73 Å². The van der Waals surface area contributed by atoms with Gasteiger partial charge in [-0.05, 0) is 25.1 Å². The number of sulfone groups is 1. The van der Waals surface area contributed by atoms with Gasteiger partial charge < -0.3 is 5.73 Å². The van der Waals surface area contributed by atoms with Crippen LogP contribution in [-0.4, -0.2) is 43.2 Å². The normalized spacial score (nSPS) is 16.6. The molecule has 0 aromatic heterocycles. The molecule has 0 aliphatic carbocycles. The molecule has 0 saturated carbocycles. The molecule has 1 atom stereocenters. The van der Waals surface area contributed by atoms with E-state index < -0.39 is 27.7 Å². The van der Waals surface area contributed by atoms with Crippen molar-refractivity contribution in [3.05, 3.63) is 29.3 Å². The van der Waals surface area contributed by atoms with Gasteiger partial charge in [0, 0.05) is 11.9 Å². The molecule has 0 saturated heterocycles. The highest BCUT2D eigenvalue weighted by molar-refractivity contribution is 7.90. The largest absolute Gasteiger partial charge is 0.399 e. The first-order chi connectivity index (χ1) is 8.70. The van der Waals surface area contributed by atoms with Gasteiger partial charge in [-0.3, -0.25) is 14.5 Å². The molecular formula is C12H14N2O4S. The Kier molecular flexibility index (Phi) is 3.09. The maximum Gasteiger partial charge on any atom is 0.261 e. The summed E-state index contributed by atoms with van der Waals surface area (Å²) in [6, 6.07) is 3.75. The van der Waals surface area contributed by atoms with E-state index in [-0.39, 0.29) is 16.9 Å². The first kappa shape index (κ1) is 13.5. The molecule has 1 aromatic rings. The van der Waals surface area contributed by atoms with Gasteiger partial charge in [-0.15, -0.1) is 0 Å². The van der Waals surface area contributed by atoms with E-state index in [0.717, 1.165) is 11.2 Å². The number of benzene rings is 1. The lowest BCUT2D eigenvalue weighted by atomic mass is 10.1. The van der Waals surface area contributed by atoms with Crippen LogP contribution < -0.4 is 5.73 Å². The lowest BCUT2D eigenvalue weighted by Gasteiger charge is -2.21. The molecule has 2 N–H and O–H groups in total.